The predicted octanol–water partition coefficient (Wildman–Crippen LogP) is 3.19. The van der Waals surface area contributed by atoms with Gasteiger partial charge in [-0.25, -0.2) is 4.98 Å². The summed E-state index contributed by atoms with van der Waals surface area (Å²) in [7, 11) is 1.90. The van der Waals surface area contributed by atoms with Gasteiger partial charge in [-0.2, -0.15) is 0 Å². The number of rotatable bonds is 6. The maximum Gasteiger partial charge on any atom is 0.274 e. The number of hydrogen-bond donors (Lipinski definition) is 1. The molecule has 0 spiro atoms. The highest BCUT2D eigenvalue weighted by Crippen LogP contribution is 2.49. The molecule has 2 fully saturated rings. The minimum atomic E-state index is 0.0238. The fourth-order valence-electron chi connectivity index (χ4n) is 4.63. The second kappa shape index (κ2) is 7.48. The highest BCUT2D eigenvalue weighted by Gasteiger charge is 2.53. The predicted molar refractivity (Wildman–Crippen MR) is 113 cm³/mol. The van der Waals surface area contributed by atoms with E-state index in [-0.39, 0.29) is 5.91 Å². The van der Waals surface area contributed by atoms with Crippen LogP contribution in [-0.2, 0) is 13.6 Å². The second-order valence-corrected chi connectivity index (χ2v) is 8.32. The zero-order valence-corrected chi connectivity index (χ0v) is 16.7. The largest absolute Gasteiger partial charge is 0.340 e. The molecule has 2 unspecified atom stereocenters. The van der Waals surface area contributed by atoms with Gasteiger partial charge >= 0.3 is 0 Å². The van der Waals surface area contributed by atoms with Crippen LogP contribution in [0, 0.1) is 17.8 Å². The van der Waals surface area contributed by atoms with E-state index in [9.17, 15) is 4.79 Å². The number of fused-ring (bicyclic) bond motifs is 1. The molecule has 1 saturated carbocycles. The number of carbonyl (C=O) groups excluding carboxylic acids is 1. The molecule has 2 aliphatic rings. The lowest BCUT2D eigenvalue weighted by molar-refractivity contribution is 0.0723. The van der Waals surface area contributed by atoms with Crippen molar-refractivity contribution in [3.63, 3.8) is 0 Å². The van der Waals surface area contributed by atoms with E-state index in [1.807, 2.05) is 28.8 Å². The van der Waals surface area contributed by atoms with Gasteiger partial charge in [0.2, 0.25) is 0 Å². The Kier molecular flexibility index (Phi) is 4.68. The Morgan fingerprint density at radius 3 is 2.41 bits per heavy atom. The highest BCUT2D eigenvalue weighted by atomic mass is 16.2. The average molecular weight is 386 g/mol. The number of amides is 1. The van der Waals surface area contributed by atoms with E-state index >= 15 is 0 Å². The van der Waals surface area contributed by atoms with Gasteiger partial charge in [0.1, 0.15) is 5.69 Å². The normalized spacial score (nSPS) is 22.3. The van der Waals surface area contributed by atoms with Crippen molar-refractivity contribution in [2.24, 2.45) is 24.8 Å². The van der Waals surface area contributed by atoms with Crippen molar-refractivity contribution in [3.05, 3.63) is 78.4 Å². The number of hydrogen-bond acceptors (Lipinski definition) is 3. The van der Waals surface area contributed by atoms with Crippen LogP contribution in [0.5, 0.6) is 0 Å². The third-order valence-electron chi connectivity index (χ3n) is 6.35. The first-order chi connectivity index (χ1) is 14.2. The van der Waals surface area contributed by atoms with Gasteiger partial charge in [0.15, 0.2) is 0 Å². The number of nitrogens with one attached hydrogen (secondary N) is 1. The van der Waals surface area contributed by atoms with Gasteiger partial charge in [-0.05, 0) is 47.5 Å². The van der Waals surface area contributed by atoms with Crippen molar-refractivity contribution in [3.8, 4) is 11.1 Å². The average Bonchev–Trinajstić information content (AvgIpc) is 3.10. The van der Waals surface area contributed by atoms with Crippen LogP contribution in [0.1, 0.15) is 16.1 Å². The van der Waals surface area contributed by atoms with Gasteiger partial charge in [-0.3, -0.25) is 4.79 Å². The molecule has 2 atom stereocenters. The number of carbonyl (C=O) groups is 1. The molecule has 1 amide bonds. The lowest BCUT2D eigenvalue weighted by Gasteiger charge is -2.23. The molecule has 1 aromatic heterocycles. The summed E-state index contributed by atoms with van der Waals surface area (Å²) in [5.41, 5.74) is 4.08. The van der Waals surface area contributed by atoms with Crippen LogP contribution >= 0.6 is 0 Å². The molecule has 2 aromatic carbocycles. The molecular formula is C24H26N4O. The smallest absolute Gasteiger partial charge is 0.274 e. The van der Waals surface area contributed by atoms with E-state index in [0.29, 0.717) is 18.2 Å². The van der Waals surface area contributed by atoms with Crippen molar-refractivity contribution >= 4 is 5.91 Å². The van der Waals surface area contributed by atoms with Gasteiger partial charge in [0.25, 0.3) is 5.91 Å². The molecular weight excluding hydrogens is 360 g/mol. The minimum absolute atomic E-state index is 0.0238. The Bertz CT molecular complexity index is 985. The van der Waals surface area contributed by atoms with Crippen LogP contribution in [-0.4, -0.2) is 40.0 Å². The fourth-order valence-corrected chi connectivity index (χ4v) is 4.63. The Balaban J connectivity index is 1.34. The van der Waals surface area contributed by atoms with Crippen LogP contribution in [0.3, 0.4) is 0 Å². The molecule has 5 heteroatoms. The van der Waals surface area contributed by atoms with Crippen molar-refractivity contribution < 1.29 is 4.79 Å². The molecule has 148 valence electrons. The molecule has 2 heterocycles. The van der Waals surface area contributed by atoms with E-state index < -0.39 is 0 Å². The van der Waals surface area contributed by atoms with Crippen molar-refractivity contribution in [2.75, 3.05) is 19.6 Å². The van der Waals surface area contributed by atoms with Crippen LogP contribution in [0.25, 0.3) is 11.1 Å². The first-order valence-corrected chi connectivity index (χ1v) is 10.3. The molecule has 5 nitrogen and oxygen atoms in total. The van der Waals surface area contributed by atoms with Crippen LogP contribution in [0.15, 0.2) is 67.1 Å². The summed E-state index contributed by atoms with van der Waals surface area (Å²) in [6.07, 6.45) is 3.50. The van der Waals surface area contributed by atoms with Gasteiger partial charge < -0.3 is 14.8 Å². The molecule has 1 aliphatic carbocycles. The van der Waals surface area contributed by atoms with Crippen LogP contribution in [0.2, 0.25) is 0 Å². The zero-order valence-electron chi connectivity index (χ0n) is 16.7. The molecule has 0 radical (unpaired) electrons. The summed E-state index contributed by atoms with van der Waals surface area (Å²) in [5, 5.41) is 3.44. The monoisotopic (exact) mass is 386 g/mol. The number of nitrogens with zero attached hydrogens (tertiary/aromatic N) is 3. The van der Waals surface area contributed by atoms with Gasteiger partial charge in [-0.15, -0.1) is 0 Å². The Labute approximate surface area is 171 Å². The highest BCUT2D eigenvalue weighted by molar-refractivity contribution is 5.92. The van der Waals surface area contributed by atoms with Crippen molar-refractivity contribution in [1.82, 2.24) is 19.8 Å². The minimum Gasteiger partial charge on any atom is -0.340 e. The maximum absolute atomic E-state index is 13.2. The third kappa shape index (κ3) is 3.70. The lowest BCUT2D eigenvalue weighted by Crippen LogP contribution is -2.34. The maximum atomic E-state index is 13.2. The summed E-state index contributed by atoms with van der Waals surface area (Å²) < 4.78 is 1.83. The Morgan fingerprint density at radius 1 is 1.07 bits per heavy atom. The van der Waals surface area contributed by atoms with Gasteiger partial charge in [0.05, 0.1) is 6.33 Å². The standard InChI is InChI=1S/C24H26N4O/c1-27-15-23(26-16-27)24(29)28(14-22-20-11-25-12-21(20)22)13-17-7-9-19(10-8-17)18-5-3-2-4-6-18/h2-10,15-16,20-22,25H,11-14H2,1H3. The summed E-state index contributed by atoms with van der Waals surface area (Å²) in [6.45, 7) is 3.61. The molecule has 1 N–H and O–H groups in total. The number of piperidine rings is 1. The number of aryl methyl sites for hydroxylation is 1. The quantitative estimate of drug-likeness (QED) is 0.708. The topological polar surface area (TPSA) is 50.2 Å². The van der Waals surface area contributed by atoms with Crippen LogP contribution < -0.4 is 5.32 Å². The molecule has 5 rings (SSSR count). The molecule has 29 heavy (non-hydrogen) atoms. The Morgan fingerprint density at radius 2 is 1.76 bits per heavy atom. The fraction of sp³-hybridized carbons (Fsp3) is 0.333. The second-order valence-electron chi connectivity index (χ2n) is 8.32. The first-order valence-electron chi connectivity index (χ1n) is 10.3. The van der Waals surface area contributed by atoms with Crippen LogP contribution in [0.4, 0.5) is 0 Å². The molecule has 0 bridgehead atoms. The van der Waals surface area contributed by atoms with E-state index in [2.05, 4.69) is 58.8 Å². The van der Waals surface area contributed by atoms with Gasteiger partial charge in [0, 0.05) is 26.3 Å². The number of benzene rings is 2. The summed E-state index contributed by atoms with van der Waals surface area (Å²) in [6, 6.07) is 18.9. The number of imidazole rings is 1. The van der Waals surface area contributed by atoms with E-state index in [1.54, 1.807) is 6.33 Å². The SMILES string of the molecule is Cn1cnc(C(=O)N(Cc2ccc(-c3ccccc3)cc2)CC2C3CNCC32)c1. The van der Waals surface area contributed by atoms with E-state index in [4.69, 9.17) is 0 Å². The molecule has 3 aromatic rings. The molecule has 1 saturated heterocycles. The summed E-state index contributed by atoms with van der Waals surface area (Å²) in [4.78, 5) is 19.4. The zero-order chi connectivity index (χ0) is 19.8. The van der Waals surface area contributed by atoms with Gasteiger partial charge in [-0.1, -0.05) is 54.6 Å². The van der Waals surface area contributed by atoms with Crippen molar-refractivity contribution in [2.45, 2.75) is 6.54 Å². The third-order valence-corrected chi connectivity index (χ3v) is 6.35. The summed E-state index contributed by atoms with van der Waals surface area (Å²) >= 11 is 0. The lowest BCUT2D eigenvalue weighted by atomic mass is 10.0. The number of aromatic nitrogens is 2. The van der Waals surface area contributed by atoms with Crippen molar-refractivity contribution in [1.29, 1.82) is 0 Å². The Hall–Kier alpha value is -2.92. The summed E-state index contributed by atoms with van der Waals surface area (Å²) in [5.74, 6) is 2.10. The molecule has 1 aliphatic heterocycles. The van der Waals surface area contributed by atoms with E-state index in [0.717, 1.165) is 37.0 Å². The van der Waals surface area contributed by atoms with E-state index in [1.165, 1.54) is 11.1 Å². The first kappa shape index (κ1) is 18.1.